The molecule has 4 bridgehead atoms. The third-order valence-corrected chi connectivity index (χ3v) is 20.3. The second-order valence-corrected chi connectivity index (χ2v) is 22.7. The fourth-order valence-electron chi connectivity index (χ4n) is 18.3. The molecule has 2 unspecified atom stereocenters. The molecule has 2 saturated carbocycles. The van der Waals surface area contributed by atoms with Gasteiger partial charge in [0.15, 0.2) is 0 Å². The van der Waals surface area contributed by atoms with Crippen molar-refractivity contribution in [3.05, 3.63) is 180 Å². The number of fused-ring (bicyclic) bond motifs is 6. The number of hydrogen-bond acceptors (Lipinski definition) is 4. The molecule has 6 aromatic carbocycles. The second-order valence-electron chi connectivity index (χ2n) is 22.7. The van der Waals surface area contributed by atoms with E-state index in [9.17, 15) is 0 Å². The standard InChI is InChI=1S/C60H60N4O2.2BrH/c1-2-14-46(15-3-1)61-56-47-22-26-63(34-38-18-20-40-10-4-6-12-42(40)30-38)36-44-23-28-65-58(54(56)48(44)32-52(47)63)62-51-17-9-8-16-50(51)60-25-27-64(35-39-19-21-41-11-5-7-13-43(41)31-39)37-45-24-29-66-59(61)55(57(60)62)49(45)33-53(60)64;;/h1-21,23-24,30-31,47-49,52-59H,22,25-29,32-37H2;2*1H/q+2;;/p-2/t47-,48-,49-,52-,53-,54+,55+,56+,57-,58+,59+,60+,63?,64?;;/m0../s1. The third kappa shape index (κ3) is 5.59. The van der Waals surface area contributed by atoms with Crippen molar-refractivity contribution in [1.29, 1.82) is 0 Å². The summed E-state index contributed by atoms with van der Waals surface area (Å²) in [5.74, 6) is 2.12. The fraction of sp³-hybridized carbons (Fsp3) is 0.400. The van der Waals surface area contributed by atoms with Crippen molar-refractivity contribution in [2.24, 2.45) is 29.6 Å². The highest BCUT2D eigenvalue weighted by molar-refractivity contribution is 5.83. The molecule has 7 fully saturated rings. The van der Waals surface area contributed by atoms with Gasteiger partial charge in [-0.2, -0.15) is 0 Å². The average molecular weight is 1030 g/mol. The third-order valence-electron chi connectivity index (χ3n) is 20.3. The zero-order chi connectivity index (χ0) is 42.9. The normalized spacial score (nSPS) is 38.2. The van der Waals surface area contributed by atoms with E-state index in [1.807, 2.05) is 0 Å². The maximum absolute atomic E-state index is 7.73. The van der Waals surface area contributed by atoms with Crippen LogP contribution in [-0.4, -0.2) is 85.0 Å². The fourth-order valence-corrected chi connectivity index (χ4v) is 18.3. The van der Waals surface area contributed by atoms with Gasteiger partial charge in [0.05, 0.1) is 43.8 Å². The molecule has 8 heterocycles. The number of ether oxygens (including phenoxy) is 2. The lowest BCUT2D eigenvalue weighted by molar-refractivity contribution is -0.955. The number of benzene rings is 6. The van der Waals surface area contributed by atoms with E-state index in [4.69, 9.17) is 9.47 Å². The molecule has 6 nitrogen and oxygen atoms in total. The van der Waals surface area contributed by atoms with E-state index in [-0.39, 0.29) is 57.9 Å². The van der Waals surface area contributed by atoms with Crippen molar-refractivity contribution in [2.45, 2.75) is 80.8 Å². The minimum Gasteiger partial charge on any atom is -1.00 e. The molecule has 10 aliphatic rings. The number of halogens is 2. The minimum atomic E-state index is -0.0321. The van der Waals surface area contributed by atoms with Crippen molar-refractivity contribution in [3.8, 4) is 0 Å². The van der Waals surface area contributed by atoms with Gasteiger partial charge >= 0.3 is 0 Å². The highest BCUT2D eigenvalue weighted by Crippen LogP contribution is 2.70. The number of anilines is 2. The molecule has 346 valence electrons. The Bertz CT molecular complexity index is 3070. The summed E-state index contributed by atoms with van der Waals surface area (Å²) in [6.45, 7) is 8.32. The van der Waals surface area contributed by atoms with Crippen molar-refractivity contribution in [3.63, 3.8) is 0 Å². The number of quaternary nitrogens is 2. The molecular formula is C60H60Br2N4O2. The van der Waals surface area contributed by atoms with Crippen LogP contribution in [0, 0.1) is 29.6 Å². The molecule has 0 aromatic heterocycles. The van der Waals surface area contributed by atoms with Crippen molar-refractivity contribution >= 4 is 32.9 Å². The van der Waals surface area contributed by atoms with Gasteiger partial charge in [0.2, 0.25) is 0 Å². The van der Waals surface area contributed by atoms with Crippen LogP contribution in [0.2, 0.25) is 0 Å². The summed E-state index contributed by atoms with van der Waals surface area (Å²) >= 11 is 0. The van der Waals surface area contributed by atoms with Crippen LogP contribution < -0.4 is 43.8 Å². The molecule has 0 N–H and O–H groups in total. The predicted molar refractivity (Wildman–Crippen MR) is 262 cm³/mol. The summed E-state index contributed by atoms with van der Waals surface area (Å²) in [6.07, 6.45) is 10.1. The summed E-state index contributed by atoms with van der Waals surface area (Å²) in [5.41, 5.74) is 10.8. The Balaban J connectivity index is 0.00000219. The van der Waals surface area contributed by atoms with Crippen LogP contribution in [0.3, 0.4) is 0 Å². The number of para-hydroxylation sites is 2. The Morgan fingerprint density at radius 3 is 1.90 bits per heavy atom. The van der Waals surface area contributed by atoms with Gasteiger partial charge in [-0.3, -0.25) is 0 Å². The monoisotopic (exact) mass is 1030 g/mol. The van der Waals surface area contributed by atoms with Gasteiger partial charge in [-0.05, 0) is 68.6 Å². The van der Waals surface area contributed by atoms with Gasteiger partial charge in [0.1, 0.15) is 44.7 Å². The molecular weight excluding hydrogens is 968 g/mol. The van der Waals surface area contributed by atoms with Gasteiger partial charge in [0, 0.05) is 83.8 Å². The van der Waals surface area contributed by atoms with Gasteiger partial charge in [0.25, 0.3) is 0 Å². The van der Waals surface area contributed by atoms with Gasteiger partial charge in [-0.1, -0.05) is 121 Å². The molecule has 5 saturated heterocycles. The molecule has 8 heteroatoms. The van der Waals surface area contributed by atoms with Crippen molar-refractivity contribution in [1.82, 2.24) is 0 Å². The molecule has 2 aliphatic carbocycles. The van der Waals surface area contributed by atoms with Gasteiger partial charge in [-0.25, -0.2) is 0 Å². The zero-order valence-corrected chi connectivity index (χ0v) is 41.8. The van der Waals surface area contributed by atoms with E-state index in [1.54, 1.807) is 16.7 Å². The smallest absolute Gasteiger partial charge is 0.136 e. The number of nitrogens with zero attached hydrogens (tertiary/aromatic N) is 4. The molecule has 0 amide bonds. The van der Waals surface area contributed by atoms with Crippen LogP contribution in [0.25, 0.3) is 21.5 Å². The molecule has 1 spiro atoms. The van der Waals surface area contributed by atoms with Crippen molar-refractivity contribution in [2.75, 3.05) is 49.2 Å². The molecule has 68 heavy (non-hydrogen) atoms. The van der Waals surface area contributed by atoms with Crippen LogP contribution in [0.4, 0.5) is 11.4 Å². The maximum Gasteiger partial charge on any atom is 0.136 e. The van der Waals surface area contributed by atoms with Gasteiger partial charge in [-0.15, -0.1) is 0 Å². The topological polar surface area (TPSA) is 24.9 Å². The maximum atomic E-state index is 7.73. The van der Waals surface area contributed by atoms with Crippen LogP contribution in [0.5, 0.6) is 0 Å². The summed E-state index contributed by atoms with van der Waals surface area (Å²) in [5, 5.41) is 5.40. The minimum absolute atomic E-state index is 0. The number of hydrogen-bond donors (Lipinski definition) is 0. The Labute approximate surface area is 421 Å². The summed E-state index contributed by atoms with van der Waals surface area (Å²) in [7, 11) is 0. The number of piperidine rings is 2. The van der Waals surface area contributed by atoms with Gasteiger partial charge < -0.3 is 62.2 Å². The van der Waals surface area contributed by atoms with Crippen LogP contribution in [-0.2, 0) is 28.0 Å². The first-order chi connectivity index (χ1) is 32.6. The molecule has 16 rings (SSSR count). The van der Waals surface area contributed by atoms with Crippen LogP contribution >= 0.6 is 0 Å². The highest BCUT2D eigenvalue weighted by Gasteiger charge is 2.77. The largest absolute Gasteiger partial charge is 1.00 e. The van der Waals surface area contributed by atoms with E-state index in [1.165, 1.54) is 87.3 Å². The summed E-state index contributed by atoms with van der Waals surface area (Å²) < 4.78 is 17.8. The van der Waals surface area contributed by atoms with E-state index < -0.39 is 0 Å². The molecule has 14 atom stereocenters. The Kier molecular flexibility index (Phi) is 9.62. The first kappa shape index (κ1) is 42.6. The first-order valence-corrected chi connectivity index (χ1v) is 25.6. The summed E-state index contributed by atoms with van der Waals surface area (Å²) in [6, 6.07) is 55.8. The van der Waals surface area contributed by atoms with E-state index in [0.717, 1.165) is 30.7 Å². The molecule has 8 aliphatic heterocycles. The Morgan fingerprint density at radius 1 is 0.574 bits per heavy atom. The average Bonchev–Trinajstić information content (AvgIpc) is 3.89. The lowest BCUT2D eigenvalue weighted by Gasteiger charge is -2.65. The van der Waals surface area contributed by atoms with Crippen LogP contribution in [0.1, 0.15) is 42.4 Å². The quantitative estimate of drug-likeness (QED) is 0.190. The number of rotatable bonds is 5. The lowest BCUT2D eigenvalue weighted by Crippen LogP contribution is -3.00. The molecule has 6 aromatic rings. The first-order valence-electron chi connectivity index (χ1n) is 25.6. The summed E-state index contributed by atoms with van der Waals surface area (Å²) in [4.78, 5) is 5.99. The molecule has 0 radical (unpaired) electrons. The van der Waals surface area contributed by atoms with Crippen LogP contribution in [0.15, 0.2) is 163 Å². The van der Waals surface area contributed by atoms with Crippen molar-refractivity contribution < 1.29 is 52.4 Å². The van der Waals surface area contributed by atoms with E-state index >= 15 is 0 Å². The second kappa shape index (κ2) is 15.4. The zero-order valence-electron chi connectivity index (χ0n) is 38.6. The lowest BCUT2D eigenvalue weighted by atomic mass is 9.53. The Hall–Kier alpha value is -4.28. The van der Waals surface area contributed by atoms with E-state index in [0.29, 0.717) is 60.9 Å². The SMILES string of the molecule is C1=C2C[N+]3(Cc4ccc5ccccc5c4)CC[C@@H]4[C@@H]5[C@H]([C@@H](OC1)N1c6ccccc6[C@@]67CC[N+]8(Cc9ccc%10ccccc%10c9)CC9=CCO[C@H]([C@@H]([C@H]16)[C@H]9C[C@@H]78)N5c1ccccc1)[C@H]2C[C@@H]43.[Br-].[Br-]. The Morgan fingerprint density at radius 2 is 1.18 bits per heavy atom. The predicted octanol–water partition coefficient (Wildman–Crippen LogP) is 4.38. The van der Waals surface area contributed by atoms with E-state index in [2.05, 4.69) is 161 Å². The highest BCUT2D eigenvalue weighted by atomic mass is 79.9.